The van der Waals surface area contributed by atoms with Gasteiger partial charge in [0.15, 0.2) is 11.5 Å². The topological polar surface area (TPSA) is 52.4 Å². The molecule has 3 heterocycles. The Labute approximate surface area is 149 Å². The molecule has 1 aromatic carbocycles. The van der Waals surface area contributed by atoms with Crippen LogP contribution in [0, 0.1) is 0 Å². The minimum absolute atomic E-state index is 0.198. The predicted molar refractivity (Wildman–Crippen MR) is 87.1 cm³/mol. The van der Waals surface area contributed by atoms with Crippen molar-refractivity contribution in [3.63, 3.8) is 0 Å². The monoisotopic (exact) mass is 388 g/mol. The Kier molecular flexibility index (Phi) is 3.80. The first kappa shape index (κ1) is 16.5. The summed E-state index contributed by atoms with van der Waals surface area (Å²) in [6.45, 7) is 0. The Morgan fingerprint density at radius 3 is 2.56 bits per heavy atom. The zero-order valence-corrected chi connectivity index (χ0v) is 14.6. The summed E-state index contributed by atoms with van der Waals surface area (Å²) < 4.78 is 51.3. The Morgan fingerprint density at radius 2 is 1.88 bits per heavy atom. The Balaban J connectivity index is 1.76. The van der Waals surface area contributed by atoms with Gasteiger partial charge in [0.05, 0.1) is 14.2 Å². The van der Waals surface area contributed by atoms with Gasteiger partial charge < -0.3 is 9.47 Å². The fourth-order valence-corrected chi connectivity index (χ4v) is 4.86. The molecule has 0 amide bonds. The normalized spacial score (nSPS) is 18.8. The molecule has 132 valence electrons. The average molecular weight is 388 g/mol. The molecule has 0 saturated heterocycles. The molecule has 0 spiro atoms. The van der Waals surface area contributed by atoms with Crippen molar-refractivity contribution in [3.05, 3.63) is 40.0 Å². The molecule has 2 aliphatic rings. The number of halogens is 3. The first-order valence-corrected chi connectivity index (χ1v) is 8.77. The summed E-state index contributed by atoms with van der Waals surface area (Å²) in [6.07, 6.45) is -4.59. The Bertz CT molecular complexity index is 868. The molecule has 11 heteroatoms. The molecule has 1 aromatic heterocycles. The molecule has 0 radical (unpaired) electrons. The van der Waals surface area contributed by atoms with Crippen LogP contribution in [0.2, 0.25) is 0 Å². The summed E-state index contributed by atoms with van der Waals surface area (Å²) in [5, 5.41) is 10.8. The van der Waals surface area contributed by atoms with Crippen molar-refractivity contribution < 1.29 is 22.6 Å². The summed E-state index contributed by atoms with van der Waals surface area (Å²) >= 11 is 2.57. The molecule has 0 N–H and O–H groups in total. The summed E-state index contributed by atoms with van der Waals surface area (Å²) in [5.41, 5.74) is 0.782. The van der Waals surface area contributed by atoms with Gasteiger partial charge in [-0.3, -0.25) is 5.01 Å². The fourth-order valence-electron chi connectivity index (χ4n) is 2.64. The van der Waals surface area contributed by atoms with Crippen molar-refractivity contribution in [2.24, 2.45) is 0 Å². The van der Waals surface area contributed by atoms with Gasteiger partial charge in [-0.05, 0) is 29.5 Å². The second-order valence-corrected chi connectivity index (χ2v) is 7.06. The van der Waals surface area contributed by atoms with Gasteiger partial charge in [-0.25, -0.2) is 4.68 Å². The van der Waals surface area contributed by atoms with Crippen molar-refractivity contribution in [2.45, 2.75) is 16.7 Å². The van der Waals surface area contributed by atoms with E-state index in [9.17, 15) is 13.2 Å². The number of methoxy groups -OCH3 is 2. The van der Waals surface area contributed by atoms with E-state index in [2.05, 4.69) is 10.2 Å². The number of nitrogens with zero attached hydrogens (tertiary/aromatic N) is 4. The molecule has 0 bridgehead atoms. The lowest BCUT2D eigenvalue weighted by molar-refractivity contribution is -0.147. The fraction of sp³-hybridized carbons (Fsp3) is 0.286. The van der Waals surface area contributed by atoms with Crippen molar-refractivity contribution in [1.29, 1.82) is 0 Å². The van der Waals surface area contributed by atoms with E-state index in [-0.39, 0.29) is 10.5 Å². The third-order valence-corrected chi connectivity index (χ3v) is 5.90. The number of hydrogen-bond acceptors (Lipinski definition) is 7. The largest absolute Gasteiger partial charge is 0.493 e. The second-order valence-electron chi connectivity index (χ2n) is 5.12. The van der Waals surface area contributed by atoms with Gasteiger partial charge in [-0.15, -0.1) is 10.2 Å². The summed E-state index contributed by atoms with van der Waals surface area (Å²) in [5.74, 6) is 0.0338. The number of alkyl halides is 3. The maximum atomic E-state index is 13.3. The number of fused-ring (bicyclic) bond motifs is 3. The lowest BCUT2D eigenvalue weighted by Gasteiger charge is -2.26. The molecule has 0 aliphatic carbocycles. The smallest absolute Gasteiger partial charge is 0.453 e. The van der Waals surface area contributed by atoms with E-state index in [1.54, 1.807) is 23.2 Å². The molecule has 6 nitrogen and oxygen atoms in total. The van der Waals surface area contributed by atoms with E-state index in [0.717, 1.165) is 22.0 Å². The minimum Gasteiger partial charge on any atom is -0.493 e. The van der Waals surface area contributed by atoms with Crippen LogP contribution in [0.15, 0.2) is 33.8 Å². The average Bonchev–Trinajstić information content (AvgIpc) is 3.24. The standard InChI is InChI=1S/C14H11F3N4O2S2/c1-22-8-4-3-7(5-9(8)23-2)11-20-10(6-24-11)25-13-19-18-12(21(13)20)14(15,16)17/h3-6,11H,1-2H3/t11-/m0/s1. The van der Waals surface area contributed by atoms with E-state index in [1.165, 1.54) is 26.0 Å². The van der Waals surface area contributed by atoms with Gasteiger partial charge >= 0.3 is 6.18 Å². The van der Waals surface area contributed by atoms with Crippen LogP contribution in [0.4, 0.5) is 13.2 Å². The molecule has 0 unspecified atom stereocenters. The third kappa shape index (κ3) is 2.53. The van der Waals surface area contributed by atoms with Crippen LogP contribution < -0.4 is 14.5 Å². The molecular formula is C14H11F3N4O2S2. The molecule has 0 fully saturated rings. The van der Waals surface area contributed by atoms with E-state index >= 15 is 0 Å². The van der Waals surface area contributed by atoms with Crippen molar-refractivity contribution in [1.82, 2.24) is 14.9 Å². The van der Waals surface area contributed by atoms with Crippen LogP contribution in [0.1, 0.15) is 16.8 Å². The molecule has 4 rings (SSSR count). The zero-order chi connectivity index (χ0) is 17.8. The molecule has 2 aromatic rings. The van der Waals surface area contributed by atoms with Gasteiger partial charge in [0.1, 0.15) is 10.4 Å². The van der Waals surface area contributed by atoms with E-state index in [1.807, 2.05) is 5.41 Å². The molecule has 0 saturated carbocycles. The van der Waals surface area contributed by atoms with Crippen LogP contribution >= 0.6 is 23.5 Å². The van der Waals surface area contributed by atoms with E-state index < -0.39 is 12.0 Å². The SMILES string of the molecule is COc1ccc([C@@H]2SC=C3Sc4nnc(C(F)(F)F)n4N32)cc1OC. The Hall–Kier alpha value is -2.01. The molecule has 1 atom stereocenters. The van der Waals surface area contributed by atoms with Crippen molar-refractivity contribution >= 4 is 23.5 Å². The van der Waals surface area contributed by atoms with Crippen LogP contribution in [0.5, 0.6) is 11.5 Å². The van der Waals surface area contributed by atoms with Gasteiger partial charge in [0.25, 0.3) is 5.82 Å². The number of aromatic nitrogens is 3. The van der Waals surface area contributed by atoms with Crippen LogP contribution in [0.3, 0.4) is 0 Å². The van der Waals surface area contributed by atoms with E-state index in [0.29, 0.717) is 16.5 Å². The highest BCUT2D eigenvalue weighted by molar-refractivity contribution is 8.07. The highest BCUT2D eigenvalue weighted by atomic mass is 32.2. The lowest BCUT2D eigenvalue weighted by atomic mass is 10.2. The summed E-state index contributed by atoms with van der Waals surface area (Å²) in [7, 11) is 3.04. The molecule has 25 heavy (non-hydrogen) atoms. The first-order chi connectivity index (χ1) is 11.9. The third-order valence-electron chi connectivity index (χ3n) is 3.72. The Morgan fingerprint density at radius 1 is 1.12 bits per heavy atom. The quantitative estimate of drug-likeness (QED) is 0.796. The molecular weight excluding hydrogens is 377 g/mol. The maximum Gasteiger partial charge on any atom is 0.453 e. The summed E-state index contributed by atoms with van der Waals surface area (Å²) in [4.78, 5) is 0. The number of rotatable bonds is 3. The second kappa shape index (κ2) is 5.77. The van der Waals surface area contributed by atoms with Crippen molar-refractivity contribution in [3.8, 4) is 11.5 Å². The number of hydrogen-bond donors (Lipinski definition) is 0. The lowest BCUT2D eigenvalue weighted by Crippen LogP contribution is -2.33. The van der Waals surface area contributed by atoms with Gasteiger partial charge in [0, 0.05) is 5.41 Å². The number of thioether (sulfide) groups is 2. The summed E-state index contributed by atoms with van der Waals surface area (Å²) in [6, 6.07) is 5.29. The van der Waals surface area contributed by atoms with Crippen molar-refractivity contribution in [2.75, 3.05) is 19.2 Å². The van der Waals surface area contributed by atoms with E-state index in [4.69, 9.17) is 9.47 Å². The minimum atomic E-state index is -4.59. The van der Waals surface area contributed by atoms with Crippen LogP contribution in [-0.2, 0) is 6.18 Å². The number of ether oxygens (including phenoxy) is 2. The highest BCUT2D eigenvalue weighted by Gasteiger charge is 2.47. The van der Waals surface area contributed by atoms with Gasteiger partial charge in [-0.2, -0.15) is 13.2 Å². The highest BCUT2D eigenvalue weighted by Crippen LogP contribution is 2.52. The molecule has 2 aliphatic heterocycles. The number of benzene rings is 1. The zero-order valence-electron chi connectivity index (χ0n) is 12.9. The van der Waals surface area contributed by atoms with Gasteiger partial charge in [-0.1, -0.05) is 17.8 Å². The van der Waals surface area contributed by atoms with Crippen LogP contribution in [-0.4, -0.2) is 29.1 Å². The predicted octanol–water partition coefficient (Wildman–Crippen LogP) is 3.60. The maximum absolute atomic E-state index is 13.3. The van der Waals surface area contributed by atoms with Gasteiger partial charge in [0.2, 0.25) is 5.16 Å². The first-order valence-electron chi connectivity index (χ1n) is 7.01. The van der Waals surface area contributed by atoms with Crippen LogP contribution in [0.25, 0.3) is 0 Å².